The standard InChI is InChI=1S/C16H15ClN6O2/c1-9-4-2-3-5-11(9)20-16-22-13(21-15(18)23-16)8-25-14(24)12-6-10(17)7-19-12/h2-7,19H,8H2,1H3,(H3,18,20,21,22,23). The molecule has 0 spiro atoms. The topological polar surface area (TPSA) is 119 Å². The SMILES string of the molecule is Cc1ccccc1Nc1nc(N)nc(COC(=O)c2cc(Cl)c[nH]2)n1. The molecule has 0 amide bonds. The Morgan fingerprint density at radius 1 is 1.32 bits per heavy atom. The van der Waals surface area contributed by atoms with Gasteiger partial charge in [-0.1, -0.05) is 29.8 Å². The summed E-state index contributed by atoms with van der Waals surface area (Å²) in [6.45, 7) is 1.81. The fraction of sp³-hybridized carbons (Fsp3) is 0.125. The number of nitrogen functional groups attached to an aromatic ring is 1. The van der Waals surface area contributed by atoms with E-state index in [1.54, 1.807) is 0 Å². The molecule has 0 saturated carbocycles. The van der Waals surface area contributed by atoms with Gasteiger partial charge in [0.1, 0.15) is 5.69 Å². The van der Waals surface area contributed by atoms with Crippen molar-refractivity contribution in [2.24, 2.45) is 0 Å². The van der Waals surface area contributed by atoms with E-state index in [9.17, 15) is 4.79 Å². The van der Waals surface area contributed by atoms with E-state index in [1.807, 2.05) is 31.2 Å². The molecule has 0 unspecified atom stereocenters. The molecule has 0 saturated heterocycles. The van der Waals surface area contributed by atoms with Crippen LogP contribution in [0.25, 0.3) is 0 Å². The van der Waals surface area contributed by atoms with E-state index in [-0.39, 0.29) is 30.0 Å². The number of carbonyl (C=O) groups excluding carboxylic acids is 1. The summed E-state index contributed by atoms with van der Waals surface area (Å²) >= 11 is 5.76. The lowest BCUT2D eigenvalue weighted by Gasteiger charge is -2.09. The number of para-hydroxylation sites is 1. The summed E-state index contributed by atoms with van der Waals surface area (Å²) in [7, 11) is 0. The molecule has 3 rings (SSSR count). The van der Waals surface area contributed by atoms with Crippen LogP contribution in [-0.4, -0.2) is 25.9 Å². The van der Waals surface area contributed by atoms with Gasteiger partial charge in [-0.05, 0) is 24.6 Å². The highest BCUT2D eigenvalue weighted by Gasteiger charge is 2.12. The van der Waals surface area contributed by atoms with Gasteiger partial charge in [-0.15, -0.1) is 0 Å². The zero-order valence-electron chi connectivity index (χ0n) is 13.3. The maximum absolute atomic E-state index is 11.9. The van der Waals surface area contributed by atoms with Gasteiger partial charge in [0.2, 0.25) is 11.9 Å². The third-order valence-corrected chi connectivity index (χ3v) is 3.51. The number of aryl methyl sites for hydroxylation is 1. The van der Waals surface area contributed by atoms with Gasteiger partial charge in [-0.3, -0.25) is 0 Å². The van der Waals surface area contributed by atoms with E-state index in [0.717, 1.165) is 11.3 Å². The summed E-state index contributed by atoms with van der Waals surface area (Å²) < 4.78 is 5.15. The lowest BCUT2D eigenvalue weighted by molar-refractivity contribution is 0.0456. The van der Waals surface area contributed by atoms with Crippen LogP contribution in [0.4, 0.5) is 17.6 Å². The number of ether oxygens (including phenoxy) is 1. The summed E-state index contributed by atoms with van der Waals surface area (Å²) in [4.78, 5) is 26.8. The molecule has 0 aliphatic heterocycles. The van der Waals surface area contributed by atoms with E-state index < -0.39 is 5.97 Å². The van der Waals surface area contributed by atoms with Gasteiger partial charge in [0.05, 0.1) is 5.02 Å². The van der Waals surface area contributed by atoms with E-state index in [2.05, 4.69) is 25.3 Å². The first-order valence-electron chi connectivity index (χ1n) is 7.35. The number of nitrogens with one attached hydrogen (secondary N) is 2. The fourth-order valence-corrected chi connectivity index (χ4v) is 2.25. The van der Waals surface area contributed by atoms with E-state index >= 15 is 0 Å². The van der Waals surface area contributed by atoms with Crippen molar-refractivity contribution in [1.82, 2.24) is 19.9 Å². The van der Waals surface area contributed by atoms with Crippen LogP contribution in [0.3, 0.4) is 0 Å². The van der Waals surface area contributed by atoms with E-state index in [4.69, 9.17) is 22.1 Å². The number of nitrogens with two attached hydrogens (primary N) is 1. The molecule has 0 atom stereocenters. The second-order valence-corrected chi connectivity index (χ2v) is 5.62. The zero-order chi connectivity index (χ0) is 17.8. The first-order chi connectivity index (χ1) is 12.0. The maximum atomic E-state index is 11.9. The first-order valence-corrected chi connectivity index (χ1v) is 7.73. The van der Waals surface area contributed by atoms with E-state index in [1.165, 1.54) is 12.3 Å². The average molecular weight is 359 g/mol. The Morgan fingerprint density at radius 2 is 2.12 bits per heavy atom. The Morgan fingerprint density at radius 3 is 2.84 bits per heavy atom. The number of aromatic amines is 1. The molecule has 2 aromatic heterocycles. The number of H-pyrrole nitrogens is 1. The van der Waals surface area contributed by atoms with Crippen LogP contribution < -0.4 is 11.1 Å². The Balaban J connectivity index is 1.71. The van der Waals surface area contributed by atoms with Crippen molar-refractivity contribution in [1.29, 1.82) is 0 Å². The molecule has 0 aliphatic carbocycles. The lowest BCUT2D eigenvalue weighted by atomic mass is 10.2. The second kappa shape index (κ2) is 7.18. The quantitative estimate of drug-likeness (QED) is 0.600. The minimum absolute atomic E-state index is 0.0278. The molecule has 0 fully saturated rings. The predicted molar refractivity (Wildman–Crippen MR) is 93.6 cm³/mol. The number of nitrogens with zero attached hydrogens (tertiary/aromatic N) is 3. The smallest absolute Gasteiger partial charge is 0.355 e. The highest BCUT2D eigenvalue weighted by atomic mass is 35.5. The van der Waals surface area contributed by atoms with Gasteiger partial charge in [0.25, 0.3) is 0 Å². The van der Waals surface area contributed by atoms with Gasteiger partial charge in [-0.2, -0.15) is 15.0 Å². The monoisotopic (exact) mass is 358 g/mol. The number of carbonyl (C=O) groups is 1. The minimum Gasteiger partial charge on any atom is -0.453 e. The van der Waals surface area contributed by atoms with Crippen molar-refractivity contribution in [3.63, 3.8) is 0 Å². The van der Waals surface area contributed by atoms with Crippen LogP contribution in [0.5, 0.6) is 0 Å². The van der Waals surface area contributed by atoms with Crippen LogP contribution >= 0.6 is 11.6 Å². The molecule has 128 valence electrons. The average Bonchev–Trinajstić information content (AvgIpc) is 3.01. The van der Waals surface area contributed by atoms with Gasteiger partial charge in [0, 0.05) is 11.9 Å². The van der Waals surface area contributed by atoms with E-state index in [0.29, 0.717) is 5.02 Å². The number of aromatic nitrogens is 4. The Labute approximate surface area is 148 Å². The maximum Gasteiger partial charge on any atom is 0.355 e. The predicted octanol–water partition coefficient (Wildman–Crippen LogP) is 2.84. The summed E-state index contributed by atoms with van der Waals surface area (Å²) in [6, 6.07) is 9.14. The number of hydrogen-bond acceptors (Lipinski definition) is 7. The third kappa shape index (κ3) is 4.24. The van der Waals surface area contributed by atoms with Crippen LogP contribution in [0.1, 0.15) is 21.9 Å². The Kier molecular flexibility index (Phi) is 4.80. The van der Waals surface area contributed by atoms with Crippen LogP contribution in [0.15, 0.2) is 36.5 Å². The number of anilines is 3. The molecule has 4 N–H and O–H groups in total. The van der Waals surface area contributed by atoms with Gasteiger partial charge in [-0.25, -0.2) is 4.79 Å². The van der Waals surface area contributed by atoms with Crippen molar-refractivity contribution < 1.29 is 9.53 Å². The third-order valence-electron chi connectivity index (χ3n) is 3.29. The van der Waals surface area contributed by atoms with Crippen LogP contribution in [0.2, 0.25) is 5.02 Å². The molecule has 0 aliphatic rings. The van der Waals surface area contributed by atoms with Crippen molar-refractivity contribution >= 4 is 35.2 Å². The summed E-state index contributed by atoms with van der Waals surface area (Å²) in [5, 5.41) is 3.49. The highest BCUT2D eigenvalue weighted by Crippen LogP contribution is 2.18. The van der Waals surface area contributed by atoms with Crippen molar-refractivity contribution in [3.05, 3.63) is 58.6 Å². The van der Waals surface area contributed by atoms with Crippen molar-refractivity contribution in [2.75, 3.05) is 11.1 Å². The molecule has 8 nitrogen and oxygen atoms in total. The first kappa shape index (κ1) is 16.7. The summed E-state index contributed by atoms with van der Waals surface area (Å²) in [6.07, 6.45) is 1.49. The molecule has 3 aromatic rings. The molecular formula is C16H15ClN6O2. The number of esters is 1. The molecule has 2 heterocycles. The number of hydrogen-bond donors (Lipinski definition) is 3. The van der Waals surface area contributed by atoms with Crippen LogP contribution in [-0.2, 0) is 11.3 Å². The number of halogens is 1. The molecule has 1 aromatic carbocycles. The van der Waals surface area contributed by atoms with Gasteiger partial charge in [0.15, 0.2) is 12.4 Å². The van der Waals surface area contributed by atoms with Gasteiger partial charge >= 0.3 is 5.97 Å². The molecule has 9 heteroatoms. The minimum atomic E-state index is -0.570. The zero-order valence-corrected chi connectivity index (χ0v) is 14.0. The number of benzene rings is 1. The Hall–Kier alpha value is -3.13. The van der Waals surface area contributed by atoms with Crippen molar-refractivity contribution in [2.45, 2.75) is 13.5 Å². The molecular weight excluding hydrogens is 344 g/mol. The molecule has 25 heavy (non-hydrogen) atoms. The largest absolute Gasteiger partial charge is 0.453 e. The fourth-order valence-electron chi connectivity index (χ4n) is 2.09. The lowest BCUT2D eigenvalue weighted by Crippen LogP contribution is -2.11. The van der Waals surface area contributed by atoms with Crippen molar-refractivity contribution in [3.8, 4) is 0 Å². The van der Waals surface area contributed by atoms with Crippen LogP contribution in [0, 0.1) is 6.92 Å². The Bertz CT molecular complexity index is 911. The highest BCUT2D eigenvalue weighted by molar-refractivity contribution is 6.30. The normalized spacial score (nSPS) is 10.5. The molecule has 0 bridgehead atoms. The molecule has 0 radical (unpaired) electrons. The van der Waals surface area contributed by atoms with Gasteiger partial charge < -0.3 is 20.8 Å². The summed E-state index contributed by atoms with van der Waals surface area (Å²) in [5.41, 5.74) is 7.82. The second-order valence-electron chi connectivity index (χ2n) is 5.18. The summed E-state index contributed by atoms with van der Waals surface area (Å²) in [5.74, 6) is -0.0373. The number of rotatable bonds is 5.